The molecule has 0 spiro atoms. The summed E-state index contributed by atoms with van der Waals surface area (Å²) in [4.78, 5) is 28.5. The molecule has 2 aromatic rings. The number of methoxy groups -OCH3 is 1. The highest BCUT2D eigenvalue weighted by Gasteiger charge is 2.30. The summed E-state index contributed by atoms with van der Waals surface area (Å²) in [5.41, 5.74) is -0.312. The van der Waals surface area contributed by atoms with Crippen LogP contribution in [0, 0.1) is 5.82 Å². The number of benzene rings is 1. The number of H-pyrrole nitrogens is 1. The summed E-state index contributed by atoms with van der Waals surface area (Å²) < 4.78 is 44.3. The molecule has 144 valence electrons. The zero-order chi connectivity index (χ0) is 19.6. The molecular weight excluding hydrogens is 377 g/mol. The van der Waals surface area contributed by atoms with Gasteiger partial charge in [0, 0.05) is 38.4 Å². The first-order valence-corrected chi connectivity index (χ1v) is 9.58. The lowest BCUT2D eigenvalue weighted by Gasteiger charge is -2.33. The van der Waals surface area contributed by atoms with Crippen molar-refractivity contribution in [3.05, 3.63) is 58.3 Å². The quantitative estimate of drug-likeness (QED) is 0.820. The molecule has 0 bridgehead atoms. The van der Waals surface area contributed by atoms with Crippen LogP contribution in [-0.2, 0) is 10.0 Å². The third kappa shape index (κ3) is 3.86. The van der Waals surface area contributed by atoms with Crippen LogP contribution in [0.15, 0.2) is 46.2 Å². The molecule has 1 fully saturated rings. The normalized spacial score (nSPS) is 15.6. The van der Waals surface area contributed by atoms with Crippen molar-refractivity contribution in [2.75, 3.05) is 33.3 Å². The van der Waals surface area contributed by atoms with E-state index < -0.39 is 27.2 Å². The SMILES string of the molecule is COc1c[nH]c(C(=O)N2CCN(S(=O)(=O)c3ccc(F)cc3)CC2)cc1=O. The smallest absolute Gasteiger partial charge is 0.270 e. The van der Waals surface area contributed by atoms with Gasteiger partial charge in [-0.05, 0) is 24.3 Å². The molecule has 0 saturated carbocycles. The summed E-state index contributed by atoms with van der Waals surface area (Å²) >= 11 is 0. The van der Waals surface area contributed by atoms with Crippen LogP contribution >= 0.6 is 0 Å². The number of ether oxygens (including phenoxy) is 1. The largest absolute Gasteiger partial charge is 0.491 e. The predicted octanol–water partition coefficient (Wildman–Crippen LogP) is 0.669. The molecule has 1 saturated heterocycles. The Hall–Kier alpha value is -2.72. The molecule has 1 aliphatic heterocycles. The number of carbonyl (C=O) groups is 1. The molecule has 10 heteroatoms. The van der Waals surface area contributed by atoms with Crippen LogP contribution in [0.25, 0.3) is 0 Å². The Morgan fingerprint density at radius 3 is 2.33 bits per heavy atom. The fraction of sp³-hybridized carbons (Fsp3) is 0.294. The van der Waals surface area contributed by atoms with Gasteiger partial charge in [0.25, 0.3) is 5.91 Å². The van der Waals surface area contributed by atoms with E-state index in [2.05, 4.69) is 4.98 Å². The van der Waals surface area contributed by atoms with Gasteiger partial charge < -0.3 is 14.6 Å². The van der Waals surface area contributed by atoms with E-state index in [9.17, 15) is 22.4 Å². The number of nitrogens with zero attached hydrogens (tertiary/aromatic N) is 2. The van der Waals surface area contributed by atoms with Gasteiger partial charge in [-0.15, -0.1) is 0 Å². The van der Waals surface area contributed by atoms with E-state index in [0.29, 0.717) is 0 Å². The van der Waals surface area contributed by atoms with Crippen molar-refractivity contribution in [2.24, 2.45) is 0 Å². The minimum absolute atomic E-state index is 0.00293. The van der Waals surface area contributed by atoms with Gasteiger partial charge in [0.2, 0.25) is 15.5 Å². The first-order chi connectivity index (χ1) is 12.8. The van der Waals surface area contributed by atoms with E-state index in [1.165, 1.54) is 34.6 Å². The maximum Gasteiger partial charge on any atom is 0.270 e. The van der Waals surface area contributed by atoms with Gasteiger partial charge in [-0.3, -0.25) is 9.59 Å². The van der Waals surface area contributed by atoms with Crippen LogP contribution < -0.4 is 10.2 Å². The van der Waals surface area contributed by atoms with Gasteiger partial charge in [0.05, 0.1) is 12.0 Å². The van der Waals surface area contributed by atoms with E-state index >= 15 is 0 Å². The van der Waals surface area contributed by atoms with Crippen molar-refractivity contribution in [3.8, 4) is 5.75 Å². The third-order valence-corrected chi connectivity index (χ3v) is 6.22. The second-order valence-corrected chi connectivity index (χ2v) is 7.87. The molecule has 1 aliphatic rings. The monoisotopic (exact) mass is 395 g/mol. The van der Waals surface area contributed by atoms with Gasteiger partial charge in [0.15, 0.2) is 5.75 Å². The molecule has 2 heterocycles. The summed E-state index contributed by atoms with van der Waals surface area (Å²) in [6, 6.07) is 5.76. The number of amides is 1. The van der Waals surface area contributed by atoms with Gasteiger partial charge >= 0.3 is 0 Å². The average molecular weight is 395 g/mol. The molecule has 0 radical (unpaired) electrons. The molecule has 1 aromatic heterocycles. The number of pyridine rings is 1. The highest BCUT2D eigenvalue weighted by molar-refractivity contribution is 7.89. The number of halogens is 1. The Labute approximate surface area is 155 Å². The number of rotatable bonds is 4. The van der Waals surface area contributed by atoms with Crippen molar-refractivity contribution in [3.63, 3.8) is 0 Å². The number of piperazine rings is 1. The number of aromatic amines is 1. The number of hydrogen-bond acceptors (Lipinski definition) is 5. The van der Waals surface area contributed by atoms with Crippen LogP contribution in [0.2, 0.25) is 0 Å². The molecule has 0 aliphatic carbocycles. The fourth-order valence-corrected chi connectivity index (χ4v) is 4.22. The fourth-order valence-electron chi connectivity index (χ4n) is 2.80. The van der Waals surface area contributed by atoms with Gasteiger partial charge in [-0.2, -0.15) is 4.31 Å². The van der Waals surface area contributed by atoms with Crippen molar-refractivity contribution < 1.29 is 22.3 Å². The van der Waals surface area contributed by atoms with Gasteiger partial charge in [-0.1, -0.05) is 0 Å². The topological polar surface area (TPSA) is 99.8 Å². The van der Waals surface area contributed by atoms with E-state index in [4.69, 9.17) is 4.74 Å². The van der Waals surface area contributed by atoms with Crippen molar-refractivity contribution in [1.82, 2.24) is 14.2 Å². The van der Waals surface area contributed by atoms with Crippen molar-refractivity contribution in [2.45, 2.75) is 4.90 Å². The first-order valence-electron chi connectivity index (χ1n) is 8.14. The Morgan fingerprint density at radius 2 is 1.78 bits per heavy atom. The molecule has 1 amide bonds. The standard InChI is InChI=1S/C17H18FN3O5S/c1-26-16-11-19-14(10-15(16)22)17(23)20-6-8-21(9-7-20)27(24,25)13-4-2-12(18)3-5-13/h2-5,10-11H,6-9H2,1H3,(H,19,22). The lowest BCUT2D eigenvalue weighted by atomic mass is 10.2. The van der Waals surface area contributed by atoms with Gasteiger partial charge in [0.1, 0.15) is 11.5 Å². The average Bonchev–Trinajstić information content (AvgIpc) is 2.68. The molecule has 3 rings (SSSR count). The molecule has 1 aromatic carbocycles. The van der Waals surface area contributed by atoms with Crippen LogP contribution in [-0.4, -0.2) is 61.8 Å². The van der Waals surface area contributed by atoms with Crippen LogP contribution in [0.3, 0.4) is 0 Å². The highest BCUT2D eigenvalue weighted by atomic mass is 32.2. The second-order valence-electron chi connectivity index (χ2n) is 5.93. The number of sulfonamides is 1. The molecule has 1 N–H and O–H groups in total. The van der Waals surface area contributed by atoms with E-state index in [1.54, 1.807) is 0 Å². The van der Waals surface area contributed by atoms with E-state index in [1.807, 2.05) is 0 Å². The molecule has 8 nitrogen and oxygen atoms in total. The van der Waals surface area contributed by atoms with Crippen LogP contribution in [0.1, 0.15) is 10.5 Å². The number of hydrogen-bond donors (Lipinski definition) is 1. The maximum absolute atomic E-state index is 13.0. The summed E-state index contributed by atoms with van der Waals surface area (Å²) in [5, 5.41) is 0. The van der Waals surface area contributed by atoms with Crippen LogP contribution in [0.5, 0.6) is 5.75 Å². The van der Waals surface area contributed by atoms with Crippen molar-refractivity contribution >= 4 is 15.9 Å². The zero-order valence-electron chi connectivity index (χ0n) is 14.5. The lowest BCUT2D eigenvalue weighted by Crippen LogP contribution is -2.50. The molecule has 0 atom stereocenters. The summed E-state index contributed by atoms with van der Waals surface area (Å²) in [5.74, 6) is -0.812. The molecular formula is C17H18FN3O5S. The van der Waals surface area contributed by atoms with Crippen LogP contribution in [0.4, 0.5) is 4.39 Å². The summed E-state index contributed by atoms with van der Waals surface area (Å²) in [6.07, 6.45) is 1.31. The Bertz CT molecular complexity index is 996. The maximum atomic E-state index is 13.0. The summed E-state index contributed by atoms with van der Waals surface area (Å²) in [7, 11) is -2.40. The first kappa shape index (κ1) is 19.1. The van der Waals surface area contributed by atoms with E-state index in [-0.39, 0.29) is 42.5 Å². The van der Waals surface area contributed by atoms with Gasteiger partial charge in [-0.25, -0.2) is 12.8 Å². The van der Waals surface area contributed by atoms with E-state index in [0.717, 1.165) is 18.2 Å². The number of nitrogens with one attached hydrogen (secondary N) is 1. The Balaban J connectivity index is 1.69. The number of carbonyl (C=O) groups excluding carboxylic acids is 1. The number of aromatic nitrogens is 1. The predicted molar refractivity (Wildman–Crippen MR) is 94.7 cm³/mol. The minimum Gasteiger partial charge on any atom is -0.491 e. The van der Waals surface area contributed by atoms with Crippen molar-refractivity contribution in [1.29, 1.82) is 0 Å². The second kappa shape index (κ2) is 7.49. The lowest BCUT2D eigenvalue weighted by molar-refractivity contribution is 0.0691. The Kier molecular flexibility index (Phi) is 5.29. The molecule has 0 unspecified atom stereocenters. The molecule has 27 heavy (non-hydrogen) atoms. The summed E-state index contributed by atoms with van der Waals surface area (Å²) in [6.45, 7) is 0.554. The highest BCUT2D eigenvalue weighted by Crippen LogP contribution is 2.18. The third-order valence-electron chi connectivity index (χ3n) is 4.30. The zero-order valence-corrected chi connectivity index (χ0v) is 15.3. The Morgan fingerprint density at radius 1 is 1.15 bits per heavy atom. The minimum atomic E-state index is -3.75.